The first-order valence-electron chi connectivity index (χ1n) is 7.47. The summed E-state index contributed by atoms with van der Waals surface area (Å²) in [7, 11) is 0. The Kier molecular flexibility index (Phi) is 3.83. The van der Waals surface area contributed by atoms with E-state index in [1.807, 2.05) is 13.0 Å². The topological polar surface area (TPSA) is 53.7 Å². The lowest BCUT2D eigenvalue weighted by molar-refractivity contribution is 0.0670. The van der Waals surface area contributed by atoms with E-state index < -0.39 is 0 Å². The van der Waals surface area contributed by atoms with Gasteiger partial charge in [-0.1, -0.05) is 0 Å². The lowest BCUT2D eigenvalue weighted by Crippen LogP contribution is -2.37. The minimum absolute atomic E-state index is 0.255. The number of aliphatic hydroxyl groups is 1. The highest BCUT2D eigenvalue weighted by molar-refractivity contribution is 5.81. The molecule has 3 rings (SSSR count). The van der Waals surface area contributed by atoms with E-state index in [4.69, 9.17) is 4.42 Å². The van der Waals surface area contributed by atoms with Crippen LogP contribution < -0.4 is 5.63 Å². The third-order valence-electron chi connectivity index (χ3n) is 4.32. The molecule has 1 aromatic carbocycles. The van der Waals surface area contributed by atoms with E-state index in [0.29, 0.717) is 18.7 Å². The molecule has 0 bridgehead atoms. The summed E-state index contributed by atoms with van der Waals surface area (Å²) in [6, 6.07) is 5.60. The highest BCUT2D eigenvalue weighted by Gasteiger charge is 2.19. The van der Waals surface area contributed by atoms with Gasteiger partial charge in [0, 0.05) is 24.5 Å². The van der Waals surface area contributed by atoms with Crippen LogP contribution >= 0.6 is 0 Å². The smallest absolute Gasteiger partial charge is 0.336 e. The molecule has 4 nitrogen and oxygen atoms in total. The number of piperidine rings is 1. The average Bonchev–Trinajstić information content (AvgIpc) is 2.41. The van der Waals surface area contributed by atoms with Crippen molar-refractivity contribution in [2.45, 2.75) is 39.3 Å². The molecule has 0 spiro atoms. The number of β-amino-alcohol motifs (C(OH)–C–C–N with tert-alkyl or cyclic N) is 1. The van der Waals surface area contributed by atoms with Crippen LogP contribution in [0.1, 0.15) is 29.5 Å². The Hall–Kier alpha value is -1.65. The number of likely N-dealkylation sites (tertiary alicyclic amines) is 1. The van der Waals surface area contributed by atoms with Crippen molar-refractivity contribution in [1.82, 2.24) is 4.90 Å². The minimum Gasteiger partial charge on any atom is -0.423 e. The normalized spacial score (nSPS) is 20.0. The molecule has 4 heteroatoms. The number of aryl methyl sites for hydroxylation is 2. The quantitative estimate of drug-likeness (QED) is 0.862. The maximum Gasteiger partial charge on any atom is 0.336 e. The minimum atomic E-state index is -0.307. The molecule has 1 aliphatic heterocycles. The second kappa shape index (κ2) is 5.62. The molecule has 1 fully saturated rings. The van der Waals surface area contributed by atoms with E-state index >= 15 is 0 Å². The fourth-order valence-corrected chi connectivity index (χ4v) is 3.03. The van der Waals surface area contributed by atoms with E-state index in [-0.39, 0.29) is 11.7 Å². The molecule has 0 radical (unpaired) electrons. The first-order chi connectivity index (χ1) is 10.0. The predicted octanol–water partition coefficient (Wildman–Crippen LogP) is 2.37. The summed E-state index contributed by atoms with van der Waals surface area (Å²) in [5.74, 6) is 0. The van der Waals surface area contributed by atoms with Gasteiger partial charge in [-0.25, -0.2) is 4.79 Å². The molecular formula is C17H21NO3. The predicted molar refractivity (Wildman–Crippen MR) is 82.5 cm³/mol. The molecule has 0 saturated carbocycles. The van der Waals surface area contributed by atoms with Crippen molar-refractivity contribution < 1.29 is 9.52 Å². The van der Waals surface area contributed by atoms with Gasteiger partial charge in [0.05, 0.1) is 6.10 Å². The summed E-state index contributed by atoms with van der Waals surface area (Å²) in [4.78, 5) is 14.0. The highest BCUT2D eigenvalue weighted by Crippen LogP contribution is 2.23. The van der Waals surface area contributed by atoms with Gasteiger partial charge >= 0.3 is 5.63 Å². The van der Waals surface area contributed by atoms with Crippen LogP contribution in [0, 0.1) is 13.8 Å². The van der Waals surface area contributed by atoms with Crippen molar-refractivity contribution in [2.24, 2.45) is 0 Å². The van der Waals surface area contributed by atoms with Crippen molar-refractivity contribution in [3.8, 4) is 0 Å². The monoisotopic (exact) mass is 287 g/mol. The molecule has 0 amide bonds. The van der Waals surface area contributed by atoms with Crippen molar-refractivity contribution in [3.63, 3.8) is 0 Å². The van der Waals surface area contributed by atoms with Crippen molar-refractivity contribution in [2.75, 3.05) is 13.1 Å². The Morgan fingerprint density at radius 3 is 2.81 bits per heavy atom. The van der Waals surface area contributed by atoms with E-state index in [2.05, 4.69) is 17.9 Å². The Morgan fingerprint density at radius 1 is 1.29 bits per heavy atom. The summed E-state index contributed by atoms with van der Waals surface area (Å²) in [5, 5.41) is 10.8. The van der Waals surface area contributed by atoms with Crippen LogP contribution in [0.15, 0.2) is 27.4 Å². The zero-order valence-electron chi connectivity index (χ0n) is 12.6. The number of fused-ring (bicyclic) bond motifs is 1. The molecule has 0 aliphatic carbocycles. The maximum absolute atomic E-state index is 11.8. The molecule has 1 aromatic heterocycles. The van der Waals surface area contributed by atoms with Gasteiger partial charge in [-0.05, 0) is 62.1 Å². The van der Waals surface area contributed by atoms with Crippen molar-refractivity contribution in [1.29, 1.82) is 0 Å². The van der Waals surface area contributed by atoms with Gasteiger partial charge in [0.1, 0.15) is 5.58 Å². The number of hydrogen-bond donors (Lipinski definition) is 1. The fourth-order valence-electron chi connectivity index (χ4n) is 3.03. The standard InChI is InChI=1S/C17H21NO3/c1-11-6-15-13(9-18-5-3-4-14(19)10-18)8-17(20)21-16(15)7-12(11)2/h6-8,14,19H,3-5,9-10H2,1-2H3. The van der Waals surface area contributed by atoms with E-state index in [9.17, 15) is 9.90 Å². The van der Waals surface area contributed by atoms with Gasteiger partial charge in [0.25, 0.3) is 0 Å². The van der Waals surface area contributed by atoms with Crippen LogP contribution in [0.5, 0.6) is 0 Å². The molecule has 1 aliphatic rings. The van der Waals surface area contributed by atoms with Crippen LogP contribution in [0.25, 0.3) is 11.0 Å². The highest BCUT2D eigenvalue weighted by atomic mass is 16.4. The molecule has 1 unspecified atom stereocenters. The van der Waals surface area contributed by atoms with Gasteiger partial charge in [0.2, 0.25) is 0 Å². The summed E-state index contributed by atoms with van der Waals surface area (Å²) in [6.07, 6.45) is 1.61. The van der Waals surface area contributed by atoms with Crippen LogP contribution in [0.3, 0.4) is 0 Å². The number of rotatable bonds is 2. The van der Waals surface area contributed by atoms with E-state index in [1.54, 1.807) is 6.07 Å². The molecule has 21 heavy (non-hydrogen) atoms. The van der Waals surface area contributed by atoms with Crippen LogP contribution in [-0.2, 0) is 6.54 Å². The van der Waals surface area contributed by atoms with E-state index in [0.717, 1.165) is 35.9 Å². The first kappa shape index (κ1) is 14.3. The Bertz CT molecular complexity index is 720. The summed E-state index contributed by atoms with van der Waals surface area (Å²) < 4.78 is 5.32. The maximum atomic E-state index is 11.8. The largest absolute Gasteiger partial charge is 0.423 e. The van der Waals surface area contributed by atoms with Crippen LogP contribution in [0.4, 0.5) is 0 Å². The van der Waals surface area contributed by atoms with Gasteiger partial charge in [-0.2, -0.15) is 0 Å². The molecule has 112 valence electrons. The lowest BCUT2D eigenvalue weighted by Gasteiger charge is -2.30. The number of aliphatic hydroxyl groups excluding tert-OH is 1. The summed E-state index contributed by atoms with van der Waals surface area (Å²) in [6.45, 7) is 6.40. The molecular weight excluding hydrogens is 266 g/mol. The van der Waals surface area contributed by atoms with Gasteiger partial charge in [-0.3, -0.25) is 4.90 Å². The fraction of sp³-hybridized carbons (Fsp3) is 0.471. The van der Waals surface area contributed by atoms with Gasteiger partial charge < -0.3 is 9.52 Å². The first-order valence-corrected chi connectivity index (χ1v) is 7.47. The van der Waals surface area contributed by atoms with Crippen LogP contribution in [-0.4, -0.2) is 29.2 Å². The lowest BCUT2D eigenvalue weighted by atomic mass is 10.0. The van der Waals surface area contributed by atoms with Crippen molar-refractivity contribution >= 4 is 11.0 Å². The van der Waals surface area contributed by atoms with Gasteiger partial charge in [-0.15, -0.1) is 0 Å². The number of benzene rings is 1. The third-order valence-corrected chi connectivity index (χ3v) is 4.32. The Labute approximate surface area is 124 Å². The number of hydrogen-bond acceptors (Lipinski definition) is 4. The van der Waals surface area contributed by atoms with E-state index in [1.165, 1.54) is 5.56 Å². The summed E-state index contributed by atoms with van der Waals surface area (Å²) >= 11 is 0. The molecule has 1 atom stereocenters. The van der Waals surface area contributed by atoms with Crippen LogP contribution in [0.2, 0.25) is 0 Å². The Morgan fingerprint density at radius 2 is 2.05 bits per heavy atom. The SMILES string of the molecule is Cc1cc2oc(=O)cc(CN3CCCC(O)C3)c2cc1C. The van der Waals surface area contributed by atoms with Crippen molar-refractivity contribution in [3.05, 3.63) is 45.3 Å². The second-order valence-corrected chi connectivity index (χ2v) is 6.05. The van der Waals surface area contributed by atoms with Gasteiger partial charge in [0.15, 0.2) is 0 Å². The Balaban J connectivity index is 2.00. The number of nitrogens with zero attached hydrogens (tertiary/aromatic N) is 1. The summed E-state index contributed by atoms with van der Waals surface area (Å²) in [5.41, 5.74) is 3.64. The molecule has 1 saturated heterocycles. The average molecular weight is 287 g/mol. The third kappa shape index (κ3) is 3.01. The second-order valence-electron chi connectivity index (χ2n) is 6.05. The molecule has 2 heterocycles. The zero-order valence-corrected chi connectivity index (χ0v) is 12.6. The molecule has 2 aromatic rings. The zero-order chi connectivity index (χ0) is 15.0. The molecule has 1 N–H and O–H groups in total.